The van der Waals surface area contributed by atoms with Crippen LogP contribution in [0.4, 0.5) is 0 Å². The Morgan fingerprint density at radius 2 is 2.00 bits per heavy atom. The number of ether oxygens (including phenoxy) is 1. The highest BCUT2D eigenvalue weighted by Crippen LogP contribution is 2.12. The zero-order valence-electron chi connectivity index (χ0n) is 10.0. The zero-order chi connectivity index (χ0) is 11.1. The van der Waals surface area contributed by atoms with Crippen LogP contribution >= 0.6 is 0 Å². The second kappa shape index (κ2) is 6.82. The van der Waals surface area contributed by atoms with E-state index in [0.29, 0.717) is 12.5 Å². The number of hydrogen-bond donors (Lipinski definition) is 0. The van der Waals surface area contributed by atoms with Crippen molar-refractivity contribution in [2.24, 2.45) is 5.92 Å². The minimum atomic E-state index is 0.156. The predicted octanol–water partition coefficient (Wildman–Crippen LogP) is 1.92. The molecule has 1 amide bonds. The molecule has 1 saturated heterocycles. The Hall–Kier alpha value is -0.570. The largest absolute Gasteiger partial charge is 0.374 e. The molecule has 1 aliphatic heterocycles. The summed E-state index contributed by atoms with van der Waals surface area (Å²) in [5.74, 6) is 0.649. The average molecular weight is 201 g/mol. The maximum Gasteiger partial charge on any atom is 0.219 e. The van der Waals surface area contributed by atoms with Crippen LogP contribution in [0.15, 0.2) is 0 Å². The highest BCUT2D eigenvalue weighted by molar-refractivity contribution is 5.73. The first-order valence-electron chi connectivity index (χ1n) is 5.48. The first-order valence-corrected chi connectivity index (χ1v) is 5.48. The van der Waals surface area contributed by atoms with Gasteiger partial charge >= 0.3 is 0 Å². The lowest BCUT2D eigenvalue weighted by Gasteiger charge is -2.34. The van der Waals surface area contributed by atoms with Crippen molar-refractivity contribution < 1.29 is 9.53 Å². The molecule has 0 aromatic heterocycles. The van der Waals surface area contributed by atoms with Gasteiger partial charge in [-0.05, 0) is 5.92 Å². The molecule has 3 heteroatoms. The third-order valence-corrected chi connectivity index (χ3v) is 2.28. The van der Waals surface area contributed by atoms with Crippen LogP contribution < -0.4 is 0 Å². The summed E-state index contributed by atoms with van der Waals surface area (Å²) in [7, 11) is 0. The number of nitrogens with zero attached hydrogens (tertiary/aromatic N) is 1. The van der Waals surface area contributed by atoms with Gasteiger partial charge in [-0.3, -0.25) is 4.79 Å². The third kappa shape index (κ3) is 4.09. The van der Waals surface area contributed by atoms with Crippen LogP contribution in [0.5, 0.6) is 0 Å². The normalized spacial score (nSPS) is 21.6. The molecule has 0 N–H and O–H groups in total. The number of carbonyl (C=O) groups excluding carboxylic acids is 1. The van der Waals surface area contributed by atoms with Crippen LogP contribution in [-0.4, -0.2) is 36.6 Å². The first-order chi connectivity index (χ1) is 6.61. The fourth-order valence-electron chi connectivity index (χ4n) is 1.36. The van der Waals surface area contributed by atoms with Gasteiger partial charge in [0.1, 0.15) is 0 Å². The molecule has 14 heavy (non-hydrogen) atoms. The first kappa shape index (κ1) is 13.4. The predicted molar refractivity (Wildman–Crippen MR) is 58.2 cm³/mol. The Bertz CT molecular complexity index is 169. The SMILES string of the molecule is CC.CC(=O)N1CCOC(C(C)C)C1. The fraction of sp³-hybridized carbons (Fsp3) is 0.909. The monoisotopic (exact) mass is 201 g/mol. The van der Waals surface area contributed by atoms with Crippen molar-refractivity contribution >= 4 is 5.91 Å². The molecule has 0 spiro atoms. The summed E-state index contributed by atoms with van der Waals surface area (Å²) < 4.78 is 5.53. The zero-order valence-corrected chi connectivity index (χ0v) is 10.0. The molecule has 1 rings (SSSR count). The molecule has 1 aliphatic rings. The van der Waals surface area contributed by atoms with E-state index in [1.165, 1.54) is 0 Å². The minimum absolute atomic E-state index is 0.156. The summed E-state index contributed by atoms with van der Waals surface area (Å²) in [6.07, 6.45) is 0.225. The molecule has 0 radical (unpaired) electrons. The average Bonchev–Trinajstić information content (AvgIpc) is 2.21. The highest BCUT2D eigenvalue weighted by atomic mass is 16.5. The number of morpholine rings is 1. The van der Waals surface area contributed by atoms with E-state index in [1.54, 1.807) is 6.92 Å². The molecule has 0 aliphatic carbocycles. The van der Waals surface area contributed by atoms with Crippen molar-refractivity contribution in [1.82, 2.24) is 4.90 Å². The summed E-state index contributed by atoms with van der Waals surface area (Å²) in [5.41, 5.74) is 0. The Morgan fingerprint density at radius 1 is 1.43 bits per heavy atom. The van der Waals surface area contributed by atoms with E-state index in [9.17, 15) is 4.79 Å². The van der Waals surface area contributed by atoms with Crippen molar-refractivity contribution in [3.8, 4) is 0 Å². The van der Waals surface area contributed by atoms with Gasteiger partial charge in [0.25, 0.3) is 0 Å². The number of amides is 1. The second-order valence-electron chi connectivity index (χ2n) is 3.62. The smallest absolute Gasteiger partial charge is 0.219 e. The molecule has 0 saturated carbocycles. The van der Waals surface area contributed by atoms with Gasteiger partial charge in [-0.25, -0.2) is 0 Å². The van der Waals surface area contributed by atoms with Gasteiger partial charge in [-0.2, -0.15) is 0 Å². The lowest BCUT2D eigenvalue weighted by atomic mass is 10.1. The number of hydrogen-bond acceptors (Lipinski definition) is 2. The van der Waals surface area contributed by atoms with Crippen molar-refractivity contribution in [1.29, 1.82) is 0 Å². The van der Waals surface area contributed by atoms with Gasteiger partial charge in [0.05, 0.1) is 12.7 Å². The Morgan fingerprint density at radius 3 is 2.43 bits per heavy atom. The molecule has 1 atom stereocenters. The molecule has 1 fully saturated rings. The van der Waals surface area contributed by atoms with E-state index in [2.05, 4.69) is 13.8 Å². The van der Waals surface area contributed by atoms with Gasteiger partial charge in [-0.15, -0.1) is 0 Å². The van der Waals surface area contributed by atoms with E-state index >= 15 is 0 Å². The molecular weight excluding hydrogens is 178 g/mol. The van der Waals surface area contributed by atoms with Crippen molar-refractivity contribution in [2.45, 2.75) is 40.7 Å². The molecule has 3 nitrogen and oxygen atoms in total. The third-order valence-electron chi connectivity index (χ3n) is 2.28. The van der Waals surface area contributed by atoms with Crippen molar-refractivity contribution in [3.63, 3.8) is 0 Å². The van der Waals surface area contributed by atoms with E-state index in [4.69, 9.17) is 4.74 Å². The van der Waals surface area contributed by atoms with E-state index in [0.717, 1.165) is 13.1 Å². The van der Waals surface area contributed by atoms with Crippen LogP contribution in [0.25, 0.3) is 0 Å². The number of carbonyl (C=O) groups is 1. The van der Waals surface area contributed by atoms with Crippen LogP contribution in [0, 0.1) is 5.92 Å². The van der Waals surface area contributed by atoms with E-state index in [-0.39, 0.29) is 12.0 Å². The summed E-state index contributed by atoms with van der Waals surface area (Å²) in [5, 5.41) is 0. The molecule has 1 unspecified atom stereocenters. The minimum Gasteiger partial charge on any atom is -0.374 e. The van der Waals surface area contributed by atoms with Gasteiger partial charge in [-0.1, -0.05) is 27.7 Å². The lowest BCUT2D eigenvalue weighted by Crippen LogP contribution is -2.46. The standard InChI is InChI=1S/C9H17NO2.C2H6/c1-7(2)9-6-10(8(3)11)4-5-12-9;1-2/h7,9H,4-6H2,1-3H3;1-2H3. The summed E-state index contributed by atoms with van der Waals surface area (Å²) >= 11 is 0. The molecule has 84 valence electrons. The molecule has 1 heterocycles. The summed E-state index contributed by atoms with van der Waals surface area (Å²) in [6, 6.07) is 0. The van der Waals surface area contributed by atoms with Gasteiger partial charge in [0.2, 0.25) is 5.91 Å². The van der Waals surface area contributed by atoms with Crippen LogP contribution in [0.2, 0.25) is 0 Å². The van der Waals surface area contributed by atoms with Gasteiger partial charge in [0, 0.05) is 20.0 Å². The highest BCUT2D eigenvalue weighted by Gasteiger charge is 2.23. The molecule has 0 aromatic carbocycles. The van der Waals surface area contributed by atoms with Crippen molar-refractivity contribution in [2.75, 3.05) is 19.7 Å². The Kier molecular flexibility index (Phi) is 6.54. The maximum atomic E-state index is 11.0. The quantitative estimate of drug-likeness (QED) is 0.648. The maximum absolute atomic E-state index is 11.0. The second-order valence-corrected chi connectivity index (χ2v) is 3.62. The Labute approximate surface area is 87.4 Å². The van der Waals surface area contributed by atoms with E-state index < -0.39 is 0 Å². The topological polar surface area (TPSA) is 29.5 Å². The Balaban J connectivity index is 0.000000791. The lowest BCUT2D eigenvalue weighted by molar-refractivity contribution is -0.138. The summed E-state index contributed by atoms with van der Waals surface area (Å²) in [4.78, 5) is 12.9. The summed E-state index contributed by atoms with van der Waals surface area (Å²) in [6.45, 7) is 12.0. The molecule has 0 aromatic rings. The van der Waals surface area contributed by atoms with E-state index in [1.807, 2.05) is 18.7 Å². The number of rotatable bonds is 1. The van der Waals surface area contributed by atoms with Crippen LogP contribution in [-0.2, 0) is 9.53 Å². The van der Waals surface area contributed by atoms with Crippen molar-refractivity contribution in [3.05, 3.63) is 0 Å². The fourth-order valence-corrected chi connectivity index (χ4v) is 1.36. The van der Waals surface area contributed by atoms with Crippen LogP contribution in [0.3, 0.4) is 0 Å². The van der Waals surface area contributed by atoms with Gasteiger partial charge in [0.15, 0.2) is 0 Å². The molecule has 0 bridgehead atoms. The van der Waals surface area contributed by atoms with Crippen LogP contribution in [0.1, 0.15) is 34.6 Å². The molecular formula is C11H23NO2. The van der Waals surface area contributed by atoms with Gasteiger partial charge < -0.3 is 9.64 Å².